The fourth-order valence-electron chi connectivity index (χ4n) is 2.21. The molecule has 0 atom stereocenters. The van der Waals surface area contributed by atoms with E-state index in [4.69, 9.17) is 4.74 Å². The number of benzene rings is 3. The van der Waals surface area contributed by atoms with Gasteiger partial charge >= 0.3 is 5.97 Å². The smallest absolute Gasteiger partial charge is 0.315 e. The van der Waals surface area contributed by atoms with Crippen LogP contribution in [-0.4, -0.2) is 5.97 Å². The summed E-state index contributed by atoms with van der Waals surface area (Å²) >= 11 is 0. The standard InChI is InChI=1S/C18H14O2/c19-18(13-14-7-2-1-3-8-14)20-17-12-6-10-15-9-4-5-11-16(15)17/h1-12H,13H2. The van der Waals surface area contributed by atoms with E-state index in [2.05, 4.69) is 0 Å². The minimum Gasteiger partial charge on any atom is -0.426 e. The third-order valence-corrected chi connectivity index (χ3v) is 3.16. The van der Waals surface area contributed by atoms with E-state index in [1.807, 2.05) is 72.8 Å². The van der Waals surface area contributed by atoms with E-state index in [-0.39, 0.29) is 12.4 Å². The van der Waals surface area contributed by atoms with E-state index >= 15 is 0 Å². The molecule has 0 aliphatic carbocycles. The maximum atomic E-state index is 12.0. The molecule has 0 aromatic heterocycles. The number of carbonyl (C=O) groups is 1. The molecule has 0 aliphatic rings. The minimum absolute atomic E-state index is 0.243. The van der Waals surface area contributed by atoms with Crippen LogP contribution in [0, 0.1) is 0 Å². The zero-order chi connectivity index (χ0) is 13.8. The molecular weight excluding hydrogens is 248 g/mol. The molecule has 0 saturated carbocycles. The summed E-state index contributed by atoms with van der Waals surface area (Å²) in [6.45, 7) is 0. The Hall–Kier alpha value is -2.61. The van der Waals surface area contributed by atoms with Crippen LogP contribution in [0.15, 0.2) is 72.8 Å². The summed E-state index contributed by atoms with van der Waals surface area (Å²) in [4.78, 5) is 12.0. The second kappa shape index (κ2) is 5.57. The number of hydrogen-bond donors (Lipinski definition) is 0. The normalized spacial score (nSPS) is 10.4. The van der Waals surface area contributed by atoms with Gasteiger partial charge in [-0.25, -0.2) is 0 Å². The van der Waals surface area contributed by atoms with Gasteiger partial charge in [-0.1, -0.05) is 66.7 Å². The van der Waals surface area contributed by atoms with Crippen LogP contribution in [0.25, 0.3) is 10.8 Å². The molecule has 0 amide bonds. The Morgan fingerprint density at radius 3 is 2.35 bits per heavy atom. The lowest BCUT2D eigenvalue weighted by atomic mass is 10.1. The van der Waals surface area contributed by atoms with Gasteiger partial charge < -0.3 is 4.74 Å². The van der Waals surface area contributed by atoms with Crippen LogP contribution in [0.1, 0.15) is 5.56 Å². The van der Waals surface area contributed by atoms with Gasteiger partial charge in [0.15, 0.2) is 0 Å². The van der Waals surface area contributed by atoms with Crippen LogP contribution in [0.5, 0.6) is 5.75 Å². The van der Waals surface area contributed by atoms with Gasteiger partial charge in [-0.3, -0.25) is 4.79 Å². The molecule has 2 heteroatoms. The van der Waals surface area contributed by atoms with Gasteiger partial charge in [0, 0.05) is 5.39 Å². The first-order valence-corrected chi connectivity index (χ1v) is 6.55. The SMILES string of the molecule is O=C(Cc1ccccc1)Oc1cccc2ccccc12. The van der Waals surface area contributed by atoms with Crippen molar-refractivity contribution < 1.29 is 9.53 Å². The Labute approximate surface area is 117 Å². The van der Waals surface area contributed by atoms with E-state index in [0.717, 1.165) is 16.3 Å². The average Bonchev–Trinajstić information content (AvgIpc) is 2.48. The molecule has 0 aliphatic heterocycles. The summed E-state index contributed by atoms with van der Waals surface area (Å²) in [6.07, 6.45) is 0.282. The van der Waals surface area contributed by atoms with Crippen LogP contribution < -0.4 is 4.74 Å². The van der Waals surface area contributed by atoms with E-state index in [1.54, 1.807) is 0 Å². The molecule has 98 valence electrons. The fourth-order valence-corrected chi connectivity index (χ4v) is 2.21. The zero-order valence-electron chi connectivity index (χ0n) is 11.0. The van der Waals surface area contributed by atoms with Crippen LogP contribution in [0.2, 0.25) is 0 Å². The van der Waals surface area contributed by atoms with Crippen LogP contribution >= 0.6 is 0 Å². The molecule has 3 aromatic rings. The highest BCUT2D eigenvalue weighted by atomic mass is 16.5. The first-order chi connectivity index (χ1) is 9.83. The predicted octanol–water partition coefficient (Wildman–Crippen LogP) is 3.99. The van der Waals surface area contributed by atoms with E-state index in [0.29, 0.717) is 5.75 Å². The second-order valence-electron chi connectivity index (χ2n) is 4.61. The van der Waals surface area contributed by atoms with E-state index in [1.165, 1.54) is 0 Å². The summed E-state index contributed by atoms with van der Waals surface area (Å²) < 4.78 is 5.49. The Morgan fingerprint density at radius 1 is 0.800 bits per heavy atom. The van der Waals surface area contributed by atoms with Crippen molar-refractivity contribution in [3.05, 3.63) is 78.4 Å². The minimum atomic E-state index is -0.243. The number of fused-ring (bicyclic) bond motifs is 1. The molecule has 3 aromatic carbocycles. The molecule has 20 heavy (non-hydrogen) atoms. The largest absolute Gasteiger partial charge is 0.426 e. The van der Waals surface area contributed by atoms with Crippen molar-refractivity contribution >= 4 is 16.7 Å². The third-order valence-electron chi connectivity index (χ3n) is 3.16. The van der Waals surface area contributed by atoms with Crippen molar-refractivity contribution in [2.45, 2.75) is 6.42 Å². The number of carbonyl (C=O) groups excluding carboxylic acids is 1. The molecule has 0 heterocycles. The molecule has 0 spiro atoms. The van der Waals surface area contributed by atoms with E-state index in [9.17, 15) is 4.79 Å². The highest BCUT2D eigenvalue weighted by molar-refractivity contribution is 5.90. The van der Waals surface area contributed by atoms with Crippen molar-refractivity contribution in [1.29, 1.82) is 0 Å². The maximum absolute atomic E-state index is 12.0. The van der Waals surface area contributed by atoms with Gasteiger partial charge in [-0.05, 0) is 17.0 Å². The number of hydrogen-bond acceptors (Lipinski definition) is 2. The lowest BCUT2D eigenvalue weighted by molar-refractivity contribution is -0.133. The van der Waals surface area contributed by atoms with Gasteiger partial charge in [0.25, 0.3) is 0 Å². The van der Waals surface area contributed by atoms with Gasteiger partial charge in [0.2, 0.25) is 0 Å². The summed E-state index contributed by atoms with van der Waals surface area (Å²) in [6, 6.07) is 23.2. The summed E-state index contributed by atoms with van der Waals surface area (Å²) in [7, 11) is 0. The molecule has 0 fully saturated rings. The molecule has 3 rings (SSSR count). The quantitative estimate of drug-likeness (QED) is 0.527. The highest BCUT2D eigenvalue weighted by Crippen LogP contribution is 2.25. The highest BCUT2D eigenvalue weighted by Gasteiger charge is 2.08. The second-order valence-corrected chi connectivity index (χ2v) is 4.61. The van der Waals surface area contributed by atoms with Crippen molar-refractivity contribution in [3.8, 4) is 5.75 Å². The number of ether oxygens (including phenoxy) is 1. The van der Waals surface area contributed by atoms with Crippen LogP contribution in [-0.2, 0) is 11.2 Å². The molecule has 0 saturated heterocycles. The van der Waals surface area contributed by atoms with Crippen molar-refractivity contribution in [2.24, 2.45) is 0 Å². The molecular formula is C18H14O2. The molecule has 0 unspecified atom stereocenters. The molecule has 0 N–H and O–H groups in total. The average molecular weight is 262 g/mol. The van der Waals surface area contributed by atoms with Gasteiger partial charge in [0.1, 0.15) is 5.75 Å². The lowest BCUT2D eigenvalue weighted by Crippen LogP contribution is -2.11. The van der Waals surface area contributed by atoms with Crippen molar-refractivity contribution in [1.82, 2.24) is 0 Å². The number of esters is 1. The van der Waals surface area contributed by atoms with Crippen molar-refractivity contribution in [2.75, 3.05) is 0 Å². The van der Waals surface area contributed by atoms with Crippen LogP contribution in [0.4, 0.5) is 0 Å². The Kier molecular flexibility index (Phi) is 3.46. The fraction of sp³-hybridized carbons (Fsp3) is 0.0556. The third kappa shape index (κ3) is 2.69. The first-order valence-electron chi connectivity index (χ1n) is 6.55. The number of rotatable bonds is 3. The van der Waals surface area contributed by atoms with Gasteiger partial charge in [-0.15, -0.1) is 0 Å². The Morgan fingerprint density at radius 2 is 1.50 bits per heavy atom. The van der Waals surface area contributed by atoms with Gasteiger partial charge in [0.05, 0.1) is 6.42 Å². The predicted molar refractivity (Wildman–Crippen MR) is 79.7 cm³/mol. The van der Waals surface area contributed by atoms with E-state index < -0.39 is 0 Å². The maximum Gasteiger partial charge on any atom is 0.315 e. The first kappa shape index (κ1) is 12.4. The Balaban J connectivity index is 1.81. The van der Waals surface area contributed by atoms with Gasteiger partial charge in [-0.2, -0.15) is 0 Å². The molecule has 2 nitrogen and oxygen atoms in total. The monoisotopic (exact) mass is 262 g/mol. The summed E-state index contributed by atoms with van der Waals surface area (Å²) in [5.74, 6) is 0.372. The summed E-state index contributed by atoms with van der Waals surface area (Å²) in [5, 5.41) is 2.02. The molecule has 0 bridgehead atoms. The Bertz CT molecular complexity index is 727. The zero-order valence-corrected chi connectivity index (χ0v) is 11.0. The lowest BCUT2D eigenvalue weighted by Gasteiger charge is -2.07. The summed E-state index contributed by atoms with van der Waals surface area (Å²) in [5.41, 5.74) is 0.956. The van der Waals surface area contributed by atoms with Crippen molar-refractivity contribution in [3.63, 3.8) is 0 Å². The molecule has 0 radical (unpaired) electrons. The van der Waals surface area contributed by atoms with Crippen LogP contribution in [0.3, 0.4) is 0 Å². The topological polar surface area (TPSA) is 26.3 Å².